The van der Waals surface area contributed by atoms with Crippen molar-refractivity contribution >= 4 is 29.0 Å². The van der Waals surface area contributed by atoms with Crippen molar-refractivity contribution in [2.45, 2.75) is 51.2 Å². The second kappa shape index (κ2) is 12.5. The number of benzene rings is 2. The number of rotatable bonds is 10. The van der Waals surface area contributed by atoms with E-state index in [-0.39, 0.29) is 11.9 Å². The van der Waals surface area contributed by atoms with Gasteiger partial charge in [0.25, 0.3) is 0 Å². The summed E-state index contributed by atoms with van der Waals surface area (Å²) in [7, 11) is 2.18. The van der Waals surface area contributed by atoms with E-state index >= 15 is 0 Å². The van der Waals surface area contributed by atoms with Crippen LogP contribution in [0.2, 0.25) is 0 Å². The lowest BCUT2D eigenvalue weighted by atomic mass is 9.74. The maximum absolute atomic E-state index is 12.7. The summed E-state index contributed by atoms with van der Waals surface area (Å²) in [6, 6.07) is 24.0. The fourth-order valence-corrected chi connectivity index (χ4v) is 6.34. The van der Waals surface area contributed by atoms with Crippen LogP contribution in [0, 0.1) is 11.8 Å². The van der Waals surface area contributed by atoms with E-state index in [0.29, 0.717) is 24.3 Å². The molecule has 5 nitrogen and oxygen atoms in total. The van der Waals surface area contributed by atoms with Crippen LogP contribution < -0.4 is 10.7 Å². The molecule has 4 atom stereocenters. The van der Waals surface area contributed by atoms with Crippen molar-refractivity contribution in [1.82, 2.24) is 15.6 Å². The molecule has 2 heterocycles. The first-order valence-corrected chi connectivity index (χ1v) is 14.6. The molecule has 0 radical (unpaired) electrons. The Bertz CT molecular complexity index is 1250. The standard InChI is InChI=1S/C32H38N4OS/c1-23-18-31-28(21-30(23)33-32(37)20-27-12-7-17-38-27)29(34-35-31)14-13-25-10-6-11-26(19-25)22-36(2)16-15-24-8-4-3-5-9-24/h3-14,17,19,23,28,30-31,35H,15-16,18,20-22H2,1-2H3,(H,33,37)/b14-13+. The first-order valence-electron chi connectivity index (χ1n) is 13.7. The second-order valence-corrected chi connectivity index (χ2v) is 11.8. The molecule has 4 unspecified atom stereocenters. The summed E-state index contributed by atoms with van der Waals surface area (Å²) in [4.78, 5) is 16.2. The van der Waals surface area contributed by atoms with Gasteiger partial charge in [0.1, 0.15) is 0 Å². The van der Waals surface area contributed by atoms with Crippen molar-refractivity contribution in [1.29, 1.82) is 0 Å². The van der Waals surface area contributed by atoms with Gasteiger partial charge >= 0.3 is 0 Å². The number of fused-ring (bicyclic) bond motifs is 1. The summed E-state index contributed by atoms with van der Waals surface area (Å²) in [5.74, 6) is 0.861. The van der Waals surface area contributed by atoms with Crippen molar-refractivity contribution in [2.24, 2.45) is 16.9 Å². The van der Waals surface area contributed by atoms with Crippen LogP contribution in [-0.4, -0.2) is 42.2 Å². The monoisotopic (exact) mass is 526 g/mol. The number of hydrogen-bond acceptors (Lipinski definition) is 5. The molecule has 1 aromatic heterocycles. The number of allylic oxidation sites excluding steroid dienone is 1. The second-order valence-electron chi connectivity index (χ2n) is 10.8. The van der Waals surface area contributed by atoms with E-state index < -0.39 is 0 Å². The van der Waals surface area contributed by atoms with Gasteiger partial charge in [-0.3, -0.25) is 4.79 Å². The van der Waals surface area contributed by atoms with Gasteiger partial charge < -0.3 is 15.6 Å². The zero-order valence-electron chi connectivity index (χ0n) is 22.3. The van der Waals surface area contributed by atoms with Gasteiger partial charge in [0.15, 0.2) is 0 Å². The van der Waals surface area contributed by atoms with Crippen LogP contribution in [0.15, 0.2) is 83.3 Å². The highest BCUT2D eigenvalue weighted by molar-refractivity contribution is 7.10. The topological polar surface area (TPSA) is 56.7 Å². The summed E-state index contributed by atoms with van der Waals surface area (Å²) in [5.41, 5.74) is 8.34. The lowest BCUT2D eigenvalue weighted by Gasteiger charge is -2.37. The minimum absolute atomic E-state index is 0.119. The summed E-state index contributed by atoms with van der Waals surface area (Å²) in [6.45, 7) is 4.19. The fraction of sp³-hybridized carbons (Fsp3) is 0.375. The first-order chi connectivity index (χ1) is 18.5. The Labute approximate surface area is 230 Å². The van der Waals surface area contributed by atoms with Crippen LogP contribution in [-0.2, 0) is 24.2 Å². The molecule has 0 saturated heterocycles. The van der Waals surface area contributed by atoms with E-state index in [1.54, 1.807) is 11.3 Å². The molecule has 1 aliphatic heterocycles. The normalized spacial score (nSPS) is 22.8. The lowest BCUT2D eigenvalue weighted by molar-refractivity contribution is -0.121. The van der Waals surface area contributed by atoms with Crippen molar-refractivity contribution in [3.8, 4) is 0 Å². The van der Waals surface area contributed by atoms with Gasteiger partial charge in [-0.15, -0.1) is 11.3 Å². The predicted molar refractivity (Wildman–Crippen MR) is 158 cm³/mol. The van der Waals surface area contributed by atoms with Crippen LogP contribution in [0.4, 0.5) is 0 Å². The minimum Gasteiger partial charge on any atom is -0.353 e. The maximum atomic E-state index is 12.7. The van der Waals surface area contributed by atoms with E-state index in [2.05, 4.69) is 101 Å². The number of nitrogens with one attached hydrogen (secondary N) is 2. The Morgan fingerprint density at radius 1 is 1.08 bits per heavy atom. The highest BCUT2D eigenvalue weighted by Gasteiger charge is 2.40. The van der Waals surface area contributed by atoms with Crippen molar-refractivity contribution in [3.05, 3.63) is 99.8 Å². The summed E-state index contributed by atoms with van der Waals surface area (Å²) in [5, 5.41) is 10.0. The molecule has 3 aromatic rings. The van der Waals surface area contributed by atoms with E-state index in [0.717, 1.165) is 42.9 Å². The number of likely N-dealkylation sites (N-methyl/N-ethyl adjacent to an activating group) is 1. The third kappa shape index (κ3) is 7.00. The van der Waals surface area contributed by atoms with E-state index in [9.17, 15) is 4.79 Å². The van der Waals surface area contributed by atoms with Gasteiger partial charge in [0, 0.05) is 29.9 Å². The molecule has 38 heavy (non-hydrogen) atoms. The Balaban J connectivity index is 1.15. The number of carbonyl (C=O) groups excluding carboxylic acids is 1. The van der Waals surface area contributed by atoms with E-state index in [1.165, 1.54) is 16.7 Å². The zero-order chi connectivity index (χ0) is 26.3. The van der Waals surface area contributed by atoms with E-state index in [4.69, 9.17) is 0 Å². The molecule has 2 N–H and O–H groups in total. The maximum Gasteiger partial charge on any atom is 0.225 e. The molecule has 5 rings (SSSR count). The Kier molecular flexibility index (Phi) is 8.72. The molecule has 2 aliphatic rings. The van der Waals surface area contributed by atoms with Gasteiger partial charge in [-0.05, 0) is 66.4 Å². The molecule has 1 aliphatic carbocycles. The Hall–Kier alpha value is -3.22. The molecular weight excluding hydrogens is 488 g/mol. The summed E-state index contributed by atoms with van der Waals surface area (Å²) >= 11 is 1.64. The van der Waals surface area contributed by atoms with Crippen LogP contribution in [0.3, 0.4) is 0 Å². The number of hydrazone groups is 1. The Morgan fingerprint density at radius 3 is 2.74 bits per heavy atom. The fourth-order valence-electron chi connectivity index (χ4n) is 5.63. The smallest absolute Gasteiger partial charge is 0.225 e. The van der Waals surface area contributed by atoms with Crippen LogP contribution in [0.25, 0.3) is 6.08 Å². The number of nitrogens with zero attached hydrogens (tertiary/aromatic N) is 2. The number of amides is 1. The van der Waals surface area contributed by atoms with Gasteiger partial charge in [0.2, 0.25) is 5.91 Å². The molecule has 1 saturated carbocycles. The predicted octanol–water partition coefficient (Wildman–Crippen LogP) is 5.54. The van der Waals surface area contributed by atoms with Crippen LogP contribution >= 0.6 is 11.3 Å². The van der Waals surface area contributed by atoms with Gasteiger partial charge in [-0.25, -0.2) is 0 Å². The molecule has 2 aromatic carbocycles. The van der Waals surface area contributed by atoms with Gasteiger partial charge in [-0.1, -0.05) is 73.7 Å². The quantitative estimate of drug-likeness (QED) is 0.365. The SMILES string of the molecule is CC1CC2NN=C(/C=C/c3cccc(CN(C)CCc4ccccc4)c3)C2CC1NC(=O)Cc1cccs1. The lowest BCUT2D eigenvalue weighted by Crippen LogP contribution is -2.49. The average molecular weight is 527 g/mol. The highest BCUT2D eigenvalue weighted by Crippen LogP contribution is 2.33. The largest absolute Gasteiger partial charge is 0.353 e. The van der Waals surface area contributed by atoms with Gasteiger partial charge in [0.05, 0.1) is 18.2 Å². The molecular formula is C32H38N4OS. The molecule has 0 bridgehead atoms. The molecule has 1 fully saturated rings. The zero-order valence-corrected chi connectivity index (χ0v) is 23.2. The number of hydrogen-bond donors (Lipinski definition) is 2. The number of thiophene rings is 1. The average Bonchev–Trinajstić information content (AvgIpc) is 3.57. The van der Waals surface area contributed by atoms with Crippen molar-refractivity contribution in [3.63, 3.8) is 0 Å². The molecule has 0 spiro atoms. The van der Waals surface area contributed by atoms with Crippen molar-refractivity contribution in [2.75, 3.05) is 13.6 Å². The highest BCUT2D eigenvalue weighted by atomic mass is 32.1. The third-order valence-electron chi connectivity index (χ3n) is 7.78. The minimum atomic E-state index is 0.119. The number of carbonyl (C=O) groups is 1. The Morgan fingerprint density at radius 2 is 1.92 bits per heavy atom. The molecule has 6 heteroatoms. The molecule has 1 amide bonds. The van der Waals surface area contributed by atoms with Crippen molar-refractivity contribution < 1.29 is 4.79 Å². The summed E-state index contributed by atoms with van der Waals surface area (Å²) in [6.07, 6.45) is 7.80. The third-order valence-corrected chi connectivity index (χ3v) is 8.66. The van der Waals surface area contributed by atoms with Crippen LogP contribution in [0.5, 0.6) is 0 Å². The van der Waals surface area contributed by atoms with Crippen LogP contribution in [0.1, 0.15) is 41.3 Å². The first kappa shape index (κ1) is 26.4. The van der Waals surface area contributed by atoms with Gasteiger partial charge in [-0.2, -0.15) is 5.10 Å². The van der Waals surface area contributed by atoms with E-state index in [1.807, 2.05) is 17.5 Å². The molecule has 198 valence electrons. The summed E-state index contributed by atoms with van der Waals surface area (Å²) < 4.78 is 0.